The van der Waals surface area contributed by atoms with Crippen molar-refractivity contribution in [3.05, 3.63) is 23.5 Å². The van der Waals surface area contributed by atoms with Gasteiger partial charge >= 0.3 is 79.1 Å². The maximum atomic E-state index is 4.49. The fourth-order valence-corrected chi connectivity index (χ4v) is 6.40. The van der Waals surface area contributed by atoms with Gasteiger partial charge in [-0.2, -0.15) is 0 Å². The van der Waals surface area contributed by atoms with Crippen LogP contribution in [-0.4, -0.2) is 23.4 Å². The maximum absolute atomic E-state index is 4.49. The van der Waals surface area contributed by atoms with E-state index in [0.29, 0.717) is 0 Å². The summed E-state index contributed by atoms with van der Waals surface area (Å²) in [5.41, 5.74) is 2.38. The summed E-state index contributed by atoms with van der Waals surface area (Å²) in [5.74, 6) is 0. The summed E-state index contributed by atoms with van der Waals surface area (Å²) in [7, 11) is 0. The van der Waals surface area contributed by atoms with Crippen LogP contribution < -0.4 is 3.58 Å². The topological polar surface area (TPSA) is 12.9 Å². The van der Waals surface area contributed by atoms with E-state index in [-0.39, 0.29) is 0 Å². The molecule has 0 radical (unpaired) electrons. The van der Waals surface area contributed by atoms with E-state index < -0.39 is 18.4 Å². The van der Waals surface area contributed by atoms with Crippen molar-refractivity contribution in [1.82, 2.24) is 4.98 Å². The van der Waals surface area contributed by atoms with Gasteiger partial charge in [-0.15, -0.1) is 0 Å². The van der Waals surface area contributed by atoms with E-state index in [2.05, 4.69) is 45.8 Å². The van der Waals surface area contributed by atoms with E-state index in [0.717, 1.165) is 5.69 Å². The first kappa shape index (κ1) is 10.0. The Morgan fingerprint density at radius 2 is 1.67 bits per heavy atom. The van der Waals surface area contributed by atoms with Crippen molar-refractivity contribution >= 4 is 22.0 Å². The fourth-order valence-electron chi connectivity index (χ4n) is 1.48. The van der Waals surface area contributed by atoms with Gasteiger partial charge in [-0.25, -0.2) is 0 Å². The summed E-state index contributed by atoms with van der Waals surface area (Å²) in [4.78, 5) is 11.8. The van der Waals surface area contributed by atoms with Gasteiger partial charge in [-0.05, 0) is 0 Å². The molecular formula is C10H17NSn. The van der Waals surface area contributed by atoms with Crippen molar-refractivity contribution in [2.24, 2.45) is 0 Å². The van der Waals surface area contributed by atoms with Crippen LogP contribution in [-0.2, 0) is 0 Å². The number of hydrogen-bond acceptors (Lipinski definition) is 1. The Morgan fingerprint density at radius 3 is 2.08 bits per heavy atom. The Labute approximate surface area is 79.1 Å². The van der Waals surface area contributed by atoms with Gasteiger partial charge in [0.25, 0.3) is 0 Å². The zero-order chi connectivity index (χ0) is 9.35. The summed E-state index contributed by atoms with van der Waals surface area (Å²) in [5, 5.41) is 0. The molecule has 1 heterocycles. The Bertz CT molecular complexity index is 286. The van der Waals surface area contributed by atoms with Crippen LogP contribution in [0.3, 0.4) is 0 Å². The molecule has 0 saturated heterocycles. The molecule has 0 atom stereocenters. The quantitative estimate of drug-likeness (QED) is 0.713. The molecule has 0 saturated carbocycles. The predicted molar refractivity (Wildman–Crippen MR) is 56.7 cm³/mol. The van der Waals surface area contributed by atoms with Gasteiger partial charge in [-0.1, -0.05) is 0 Å². The third-order valence-electron chi connectivity index (χ3n) is 2.03. The number of nitrogens with zero attached hydrogens (tertiary/aromatic N) is 1. The summed E-state index contributed by atoms with van der Waals surface area (Å²) >= 11 is -1.87. The molecule has 0 aliphatic heterocycles. The van der Waals surface area contributed by atoms with Crippen LogP contribution in [0.2, 0.25) is 14.8 Å². The fraction of sp³-hybridized carbons (Fsp3) is 0.500. The molecule has 0 aliphatic rings. The number of pyridine rings is 1. The molecule has 1 aromatic heterocycles. The van der Waals surface area contributed by atoms with Gasteiger partial charge in [0.05, 0.1) is 0 Å². The molecule has 66 valence electrons. The monoisotopic (exact) mass is 271 g/mol. The van der Waals surface area contributed by atoms with Crippen LogP contribution >= 0.6 is 0 Å². The van der Waals surface area contributed by atoms with E-state index in [9.17, 15) is 0 Å². The van der Waals surface area contributed by atoms with Crippen LogP contribution in [0, 0.1) is 13.8 Å². The molecule has 0 aromatic carbocycles. The summed E-state index contributed by atoms with van der Waals surface area (Å²) in [6, 6.07) is 4.40. The Kier molecular flexibility index (Phi) is 2.81. The van der Waals surface area contributed by atoms with Gasteiger partial charge in [0.1, 0.15) is 0 Å². The number of aryl methyl sites for hydroxylation is 2. The van der Waals surface area contributed by atoms with E-state index in [1.54, 1.807) is 3.58 Å². The molecule has 2 heteroatoms. The molecule has 0 N–H and O–H groups in total. The number of aromatic nitrogens is 1. The molecular weight excluding hydrogens is 253 g/mol. The van der Waals surface area contributed by atoms with Crippen LogP contribution in [0.5, 0.6) is 0 Å². The number of rotatable bonds is 1. The molecule has 1 rings (SSSR count). The second-order valence-electron chi connectivity index (χ2n) is 4.34. The summed E-state index contributed by atoms with van der Waals surface area (Å²) in [6.45, 7) is 4.18. The van der Waals surface area contributed by atoms with Gasteiger partial charge in [0, 0.05) is 0 Å². The Morgan fingerprint density at radius 1 is 1.08 bits per heavy atom. The van der Waals surface area contributed by atoms with Crippen molar-refractivity contribution in [1.29, 1.82) is 0 Å². The normalized spacial score (nSPS) is 11.8. The zero-order valence-corrected chi connectivity index (χ0v) is 11.5. The second kappa shape index (κ2) is 3.36. The molecule has 0 aliphatic carbocycles. The van der Waals surface area contributed by atoms with Gasteiger partial charge in [-0.3, -0.25) is 0 Å². The molecule has 1 nitrogen and oxygen atoms in total. The van der Waals surface area contributed by atoms with E-state index in [4.69, 9.17) is 0 Å². The van der Waals surface area contributed by atoms with Crippen molar-refractivity contribution in [2.75, 3.05) is 0 Å². The minimum absolute atomic E-state index is 1.13. The van der Waals surface area contributed by atoms with Crippen molar-refractivity contribution in [3.8, 4) is 0 Å². The third kappa shape index (κ3) is 2.22. The van der Waals surface area contributed by atoms with Crippen molar-refractivity contribution in [3.63, 3.8) is 0 Å². The van der Waals surface area contributed by atoms with E-state index >= 15 is 0 Å². The van der Waals surface area contributed by atoms with E-state index in [1.165, 1.54) is 5.69 Å². The average molecular weight is 270 g/mol. The molecule has 0 bridgehead atoms. The minimum atomic E-state index is -1.87. The Hall–Kier alpha value is -0.0513. The zero-order valence-electron chi connectivity index (χ0n) is 8.60. The molecule has 0 fully saturated rings. The molecule has 12 heavy (non-hydrogen) atoms. The predicted octanol–water partition coefficient (Wildman–Crippen LogP) is 2.24. The summed E-state index contributed by atoms with van der Waals surface area (Å²) in [6.07, 6.45) is 0. The molecule has 0 unspecified atom stereocenters. The van der Waals surface area contributed by atoms with Crippen LogP contribution in [0.4, 0.5) is 0 Å². The molecule has 1 aromatic rings. The van der Waals surface area contributed by atoms with Crippen LogP contribution in [0.1, 0.15) is 11.4 Å². The third-order valence-corrected chi connectivity index (χ3v) is 8.15. The second-order valence-corrected chi connectivity index (χ2v) is 18.7. The van der Waals surface area contributed by atoms with Gasteiger partial charge in [0.2, 0.25) is 0 Å². The average Bonchev–Trinajstić information content (AvgIpc) is 1.83. The molecule has 0 spiro atoms. The van der Waals surface area contributed by atoms with E-state index in [1.807, 2.05) is 0 Å². The first-order chi connectivity index (χ1) is 5.41. The van der Waals surface area contributed by atoms with Crippen molar-refractivity contribution < 1.29 is 0 Å². The standard InChI is InChI=1S/C7H8N.3CH3.Sn/c1-6-4-3-5-7(2)8-6;;;;/h3-4H,1-2H3;3*1H3;. The van der Waals surface area contributed by atoms with Gasteiger partial charge < -0.3 is 0 Å². The summed E-state index contributed by atoms with van der Waals surface area (Å²) < 4.78 is 1.55. The molecule has 0 amide bonds. The SMILES string of the molecule is Cc1cc[c]([Sn]([CH3])([CH3])[CH3])c(C)n1. The van der Waals surface area contributed by atoms with Crippen molar-refractivity contribution in [2.45, 2.75) is 28.7 Å². The first-order valence-corrected chi connectivity index (χ1v) is 14.3. The van der Waals surface area contributed by atoms with Gasteiger partial charge in [0.15, 0.2) is 0 Å². The number of hydrogen-bond donors (Lipinski definition) is 0. The van der Waals surface area contributed by atoms with Crippen LogP contribution in [0.25, 0.3) is 0 Å². The van der Waals surface area contributed by atoms with Crippen LogP contribution in [0.15, 0.2) is 12.1 Å². The first-order valence-electron chi connectivity index (χ1n) is 4.36. The Balaban J connectivity index is 3.19.